The van der Waals surface area contributed by atoms with Gasteiger partial charge in [0, 0.05) is 0 Å². The number of fused-ring (bicyclic) bond motifs is 3. The van der Waals surface area contributed by atoms with Gasteiger partial charge in [0.1, 0.15) is 0 Å². The maximum absolute atomic E-state index is 4.64. The van der Waals surface area contributed by atoms with Gasteiger partial charge in [0.2, 0.25) is 0 Å². The van der Waals surface area contributed by atoms with Crippen LogP contribution in [-0.2, 0) is 0 Å². The summed E-state index contributed by atoms with van der Waals surface area (Å²) >= 11 is 0. The molecular formula is C48H40. The average molecular weight is 617 g/mol. The summed E-state index contributed by atoms with van der Waals surface area (Å²) in [6.07, 6.45) is 19.9. The minimum atomic E-state index is 0.424. The Kier molecular flexibility index (Phi) is 8.08. The molecule has 6 aromatic carbocycles. The van der Waals surface area contributed by atoms with Crippen LogP contribution in [0.3, 0.4) is 0 Å². The number of allylic oxidation sites excluding steroid dienone is 9. The minimum absolute atomic E-state index is 0.424. The molecule has 0 N–H and O–H groups in total. The molecule has 0 bridgehead atoms. The van der Waals surface area contributed by atoms with Gasteiger partial charge in [0.25, 0.3) is 0 Å². The zero-order chi connectivity index (χ0) is 32.5. The lowest BCUT2D eigenvalue weighted by Crippen LogP contribution is -2.02. The van der Waals surface area contributed by atoms with Gasteiger partial charge in [-0.05, 0) is 133 Å². The van der Waals surface area contributed by atoms with Crippen LogP contribution in [0.25, 0.3) is 66.1 Å². The molecule has 0 spiro atoms. The highest BCUT2D eigenvalue weighted by Crippen LogP contribution is 2.48. The van der Waals surface area contributed by atoms with Crippen LogP contribution in [0.4, 0.5) is 0 Å². The summed E-state index contributed by atoms with van der Waals surface area (Å²) in [5, 5.41) is 5.09. The maximum atomic E-state index is 4.64. The topological polar surface area (TPSA) is 0 Å². The minimum Gasteiger partial charge on any atom is -0.0911 e. The van der Waals surface area contributed by atoms with Gasteiger partial charge < -0.3 is 0 Å². The van der Waals surface area contributed by atoms with Crippen LogP contribution in [0, 0.1) is 0 Å². The zero-order valence-electron chi connectivity index (χ0n) is 27.6. The van der Waals surface area contributed by atoms with Crippen molar-refractivity contribution in [1.82, 2.24) is 0 Å². The van der Waals surface area contributed by atoms with Crippen LogP contribution in [-0.4, -0.2) is 0 Å². The molecular weight excluding hydrogens is 577 g/mol. The first-order valence-electron chi connectivity index (χ1n) is 17.3. The van der Waals surface area contributed by atoms with Gasteiger partial charge in [0.15, 0.2) is 0 Å². The second kappa shape index (κ2) is 13.0. The largest absolute Gasteiger partial charge is 0.0911 e. The summed E-state index contributed by atoms with van der Waals surface area (Å²) in [7, 11) is 0. The van der Waals surface area contributed by atoms with Crippen molar-refractivity contribution < 1.29 is 0 Å². The smallest absolute Gasteiger partial charge is 0.00200 e. The molecule has 0 nitrogen and oxygen atoms in total. The molecule has 0 saturated heterocycles. The third-order valence-corrected chi connectivity index (χ3v) is 10.2. The fourth-order valence-corrected chi connectivity index (χ4v) is 7.81. The Morgan fingerprint density at radius 3 is 1.90 bits per heavy atom. The average Bonchev–Trinajstić information content (AvgIpc) is 3.15. The first-order valence-corrected chi connectivity index (χ1v) is 17.3. The molecule has 0 heteroatoms. The van der Waals surface area contributed by atoms with Gasteiger partial charge in [0.05, 0.1) is 0 Å². The Morgan fingerprint density at radius 1 is 0.542 bits per heavy atom. The fraction of sp³-hybridized carbons (Fsp3) is 0.125. The second-order valence-corrected chi connectivity index (χ2v) is 13.2. The summed E-state index contributed by atoms with van der Waals surface area (Å²) in [6.45, 7) is 7.00. The van der Waals surface area contributed by atoms with Gasteiger partial charge in [-0.15, -0.1) is 0 Å². The molecule has 8 rings (SSSR count). The Morgan fingerprint density at radius 2 is 1.19 bits per heavy atom. The van der Waals surface area contributed by atoms with Crippen LogP contribution in [0.1, 0.15) is 55.2 Å². The van der Waals surface area contributed by atoms with Crippen molar-refractivity contribution in [2.75, 3.05) is 0 Å². The molecule has 1 atom stereocenters. The zero-order valence-corrected chi connectivity index (χ0v) is 27.6. The van der Waals surface area contributed by atoms with E-state index in [0.29, 0.717) is 5.92 Å². The third-order valence-electron chi connectivity index (χ3n) is 10.2. The first-order chi connectivity index (χ1) is 23.7. The molecule has 0 heterocycles. The van der Waals surface area contributed by atoms with Gasteiger partial charge in [-0.3, -0.25) is 0 Å². The summed E-state index contributed by atoms with van der Waals surface area (Å²) in [5.41, 5.74) is 14.0. The van der Waals surface area contributed by atoms with Crippen molar-refractivity contribution in [2.45, 2.75) is 38.5 Å². The summed E-state index contributed by atoms with van der Waals surface area (Å²) in [5.74, 6) is 0.424. The number of rotatable bonds is 4. The lowest BCUT2D eigenvalue weighted by molar-refractivity contribution is 0.689. The van der Waals surface area contributed by atoms with E-state index in [2.05, 4.69) is 171 Å². The van der Waals surface area contributed by atoms with Crippen LogP contribution in [0.5, 0.6) is 0 Å². The third kappa shape index (κ3) is 5.48. The van der Waals surface area contributed by atoms with Gasteiger partial charge in [-0.1, -0.05) is 153 Å². The fourth-order valence-electron chi connectivity index (χ4n) is 7.81. The number of hydrogen-bond acceptors (Lipinski definition) is 0. The molecule has 0 aliphatic heterocycles. The summed E-state index contributed by atoms with van der Waals surface area (Å²) < 4.78 is 0. The highest BCUT2D eigenvalue weighted by molar-refractivity contribution is 6.22. The monoisotopic (exact) mass is 616 g/mol. The van der Waals surface area contributed by atoms with Crippen LogP contribution < -0.4 is 0 Å². The number of benzene rings is 6. The van der Waals surface area contributed by atoms with Crippen LogP contribution in [0.15, 0.2) is 164 Å². The highest BCUT2D eigenvalue weighted by atomic mass is 14.3. The van der Waals surface area contributed by atoms with Crippen molar-refractivity contribution in [3.8, 4) is 33.4 Å². The molecule has 0 amide bonds. The SMILES string of the molecule is C=C1/C=C\C=C/CCC(C)c2cccc(-c3c4ccccc4c(-c4cc(C5=CC=CCC5)cc(-c5ccccc5)c4)c4ccccc34)c21. The molecule has 48 heavy (non-hydrogen) atoms. The van der Waals surface area contributed by atoms with Crippen LogP contribution >= 0.6 is 0 Å². The van der Waals surface area contributed by atoms with Gasteiger partial charge in [-0.2, -0.15) is 0 Å². The van der Waals surface area contributed by atoms with E-state index in [-0.39, 0.29) is 0 Å². The predicted octanol–water partition coefficient (Wildman–Crippen LogP) is 13.8. The summed E-state index contributed by atoms with van der Waals surface area (Å²) in [6, 6.07) is 43.0. The van der Waals surface area contributed by atoms with Gasteiger partial charge >= 0.3 is 0 Å². The lowest BCUT2D eigenvalue weighted by Gasteiger charge is -2.24. The predicted molar refractivity (Wildman–Crippen MR) is 209 cm³/mol. The molecule has 2 aliphatic carbocycles. The summed E-state index contributed by atoms with van der Waals surface area (Å²) in [4.78, 5) is 0. The van der Waals surface area contributed by atoms with E-state index < -0.39 is 0 Å². The molecule has 1 unspecified atom stereocenters. The molecule has 0 radical (unpaired) electrons. The first kappa shape index (κ1) is 29.9. The molecule has 0 saturated carbocycles. The number of hydrogen-bond donors (Lipinski definition) is 0. The van der Waals surface area contributed by atoms with Crippen molar-refractivity contribution in [3.05, 3.63) is 181 Å². The molecule has 2 aliphatic rings. The lowest BCUT2D eigenvalue weighted by atomic mass is 9.79. The molecule has 0 aromatic heterocycles. The van der Waals surface area contributed by atoms with Crippen LogP contribution in [0.2, 0.25) is 0 Å². The van der Waals surface area contributed by atoms with E-state index in [1.807, 2.05) is 0 Å². The molecule has 232 valence electrons. The van der Waals surface area contributed by atoms with Gasteiger partial charge in [-0.25, -0.2) is 0 Å². The Bertz CT molecular complexity index is 2250. The highest BCUT2D eigenvalue weighted by Gasteiger charge is 2.22. The van der Waals surface area contributed by atoms with E-state index >= 15 is 0 Å². The normalized spacial score (nSPS) is 17.6. The quantitative estimate of drug-likeness (QED) is 0.173. The Balaban J connectivity index is 1.45. The molecule has 6 aromatic rings. The Hall–Kier alpha value is -5.46. The van der Waals surface area contributed by atoms with Crippen molar-refractivity contribution in [2.24, 2.45) is 0 Å². The van der Waals surface area contributed by atoms with E-state index in [1.165, 1.54) is 77.2 Å². The standard InChI is InChI=1S/C48H40/c1-33-18-7-3-4-8-19-34(2)46-40(33)28-17-29-45(46)48-43-26-15-13-24-41(43)47(42-25-14-16-27-44(42)48)39-31-37(35-20-9-5-10-21-35)30-38(32-39)36-22-11-6-12-23-36/h3-6,8-11,13-17,19-22,24-33H,2,7,12,18,23H2,1H3/b4-3-,19-8-. The van der Waals surface area contributed by atoms with E-state index in [1.54, 1.807) is 0 Å². The maximum Gasteiger partial charge on any atom is -0.00200 e. The van der Waals surface area contributed by atoms with E-state index in [0.717, 1.165) is 31.3 Å². The van der Waals surface area contributed by atoms with Crippen molar-refractivity contribution in [3.63, 3.8) is 0 Å². The van der Waals surface area contributed by atoms with Crippen molar-refractivity contribution >= 4 is 32.7 Å². The molecule has 0 fully saturated rings. The Labute approximate surface area is 284 Å². The second-order valence-electron chi connectivity index (χ2n) is 13.2. The van der Waals surface area contributed by atoms with Crippen molar-refractivity contribution in [1.29, 1.82) is 0 Å². The van der Waals surface area contributed by atoms with E-state index in [4.69, 9.17) is 0 Å². The van der Waals surface area contributed by atoms with E-state index in [9.17, 15) is 0 Å².